The molecule has 102 valence electrons. The molecule has 1 aliphatic rings. The molecule has 0 radical (unpaired) electrons. The van der Waals surface area contributed by atoms with Crippen molar-refractivity contribution in [2.75, 3.05) is 13.2 Å². The molecular formula is C14H25N3O. The van der Waals surface area contributed by atoms with Gasteiger partial charge in [0, 0.05) is 19.3 Å². The minimum Gasteiger partial charge on any atom is -0.376 e. The summed E-state index contributed by atoms with van der Waals surface area (Å²) < 4.78 is 8.03. The second-order valence-corrected chi connectivity index (χ2v) is 4.91. The number of ether oxygens (including phenoxy) is 1. The zero-order valence-electron chi connectivity index (χ0n) is 11.6. The van der Waals surface area contributed by atoms with E-state index in [1.54, 1.807) is 0 Å². The van der Waals surface area contributed by atoms with Crippen molar-refractivity contribution in [1.82, 2.24) is 15.1 Å². The van der Waals surface area contributed by atoms with E-state index in [0.717, 1.165) is 32.5 Å². The van der Waals surface area contributed by atoms with Crippen LogP contribution in [0.2, 0.25) is 0 Å². The smallest absolute Gasteiger partial charge is 0.0785 e. The van der Waals surface area contributed by atoms with Crippen LogP contribution in [0.4, 0.5) is 0 Å². The highest BCUT2D eigenvalue weighted by Gasteiger charge is 2.27. The standard InChI is InChI=1S/C14H25N3O/c1-3-9-15-14(13-7-5-6-11-18-13)12-8-10-16-17(12)4-2/h8,10,13-15H,3-7,9,11H2,1-2H3. The van der Waals surface area contributed by atoms with E-state index in [1.807, 2.05) is 6.20 Å². The number of rotatable bonds is 6. The van der Waals surface area contributed by atoms with Crippen LogP contribution in [-0.4, -0.2) is 29.0 Å². The van der Waals surface area contributed by atoms with Crippen molar-refractivity contribution >= 4 is 0 Å². The highest BCUT2D eigenvalue weighted by atomic mass is 16.5. The van der Waals surface area contributed by atoms with Gasteiger partial charge in [0.25, 0.3) is 0 Å². The van der Waals surface area contributed by atoms with E-state index in [-0.39, 0.29) is 6.04 Å². The second-order valence-electron chi connectivity index (χ2n) is 4.91. The Morgan fingerprint density at radius 3 is 3.06 bits per heavy atom. The van der Waals surface area contributed by atoms with Gasteiger partial charge in [-0.05, 0) is 45.2 Å². The Hall–Kier alpha value is -0.870. The van der Waals surface area contributed by atoms with Crippen molar-refractivity contribution in [3.05, 3.63) is 18.0 Å². The lowest BCUT2D eigenvalue weighted by molar-refractivity contribution is -0.00994. The van der Waals surface area contributed by atoms with Crippen LogP contribution in [-0.2, 0) is 11.3 Å². The van der Waals surface area contributed by atoms with Crippen molar-refractivity contribution in [1.29, 1.82) is 0 Å². The summed E-state index contributed by atoms with van der Waals surface area (Å²) in [7, 11) is 0. The Bertz CT molecular complexity index is 345. The molecule has 2 unspecified atom stereocenters. The third kappa shape index (κ3) is 3.12. The van der Waals surface area contributed by atoms with Gasteiger partial charge in [0.05, 0.1) is 17.8 Å². The quantitative estimate of drug-likeness (QED) is 0.844. The van der Waals surface area contributed by atoms with E-state index in [9.17, 15) is 0 Å². The molecule has 0 amide bonds. The molecule has 0 bridgehead atoms. The van der Waals surface area contributed by atoms with Gasteiger partial charge >= 0.3 is 0 Å². The molecular weight excluding hydrogens is 226 g/mol. The molecule has 1 fully saturated rings. The van der Waals surface area contributed by atoms with Crippen LogP contribution in [0.1, 0.15) is 51.3 Å². The molecule has 18 heavy (non-hydrogen) atoms. The summed E-state index contributed by atoms with van der Waals surface area (Å²) in [5.41, 5.74) is 1.26. The molecule has 1 saturated heterocycles. The molecule has 0 saturated carbocycles. The van der Waals surface area contributed by atoms with E-state index in [4.69, 9.17) is 4.74 Å². The summed E-state index contributed by atoms with van der Waals surface area (Å²) in [6.07, 6.45) is 6.95. The number of aromatic nitrogens is 2. The van der Waals surface area contributed by atoms with Crippen molar-refractivity contribution in [2.45, 2.75) is 58.2 Å². The predicted molar refractivity (Wildman–Crippen MR) is 72.5 cm³/mol. The van der Waals surface area contributed by atoms with E-state index >= 15 is 0 Å². The lowest BCUT2D eigenvalue weighted by Gasteiger charge is -2.31. The normalized spacial score (nSPS) is 22.0. The Kier molecular flexibility index (Phi) is 5.20. The van der Waals surface area contributed by atoms with Gasteiger partial charge < -0.3 is 10.1 Å². The van der Waals surface area contributed by atoms with E-state index in [2.05, 4.69) is 35.0 Å². The van der Waals surface area contributed by atoms with E-state index in [1.165, 1.54) is 18.5 Å². The van der Waals surface area contributed by atoms with Crippen LogP contribution in [0.5, 0.6) is 0 Å². The first-order valence-corrected chi connectivity index (χ1v) is 7.23. The summed E-state index contributed by atoms with van der Waals surface area (Å²) in [4.78, 5) is 0. The van der Waals surface area contributed by atoms with Crippen molar-refractivity contribution < 1.29 is 4.74 Å². The second kappa shape index (κ2) is 6.90. The summed E-state index contributed by atoms with van der Waals surface area (Å²) in [6.45, 7) is 7.17. The fourth-order valence-electron chi connectivity index (χ4n) is 2.63. The van der Waals surface area contributed by atoms with Crippen molar-refractivity contribution in [3.8, 4) is 0 Å². The molecule has 4 nitrogen and oxygen atoms in total. The zero-order chi connectivity index (χ0) is 12.8. The van der Waals surface area contributed by atoms with Gasteiger partial charge in [-0.1, -0.05) is 6.92 Å². The average Bonchev–Trinajstić information content (AvgIpc) is 2.89. The lowest BCUT2D eigenvalue weighted by Crippen LogP contribution is -2.37. The van der Waals surface area contributed by atoms with Crippen molar-refractivity contribution in [3.63, 3.8) is 0 Å². The molecule has 0 aliphatic carbocycles. The van der Waals surface area contributed by atoms with Gasteiger partial charge in [0.15, 0.2) is 0 Å². The van der Waals surface area contributed by atoms with Crippen molar-refractivity contribution in [2.24, 2.45) is 0 Å². The van der Waals surface area contributed by atoms with E-state index in [0.29, 0.717) is 6.10 Å². The van der Waals surface area contributed by atoms with E-state index < -0.39 is 0 Å². The van der Waals surface area contributed by atoms with Gasteiger partial charge in [0.1, 0.15) is 0 Å². The maximum absolute atomic E-state index is 5.96. The van der Waals surface area contributed by atoms with Crippen LogP contribution >= 0.6 is 0 Å². The zero-order valence-corrected chi connectivity index (χ0v) is 11.6. The first-order chi connectivity index (χ1) is 8.86. The molecule has 2 atom stereocenters. The Morgan fingerprint density at radius 1 is 1.50 bits per heavy atom. The molecule has 1 aliphatic heterocycles. The average molecular weight is 251 g/mol. The van der Waals surface area contributed by atoms with Gasteiger partial charge in [-0.15, -0.1) is 0 Å². The third-order valence-corrected chi connectivity index (χ3v) is 3.57. The van der Waals surface area contributed by atoms with Crippen LogP contribution in [0.25, 0.3) is 0 Å². The molecule has 1 N–H and O–H groups in total. The molecule has 0 aromatic carbocycles. The van der Waals surface area contributed by atoms with Crippen LogP contribution in [0, 0.1) is 0 Å². The third-order valence-electron chi connectivity index (χ3n) is 3.57. The molecule has 4 heteroatoms. The maximum Gasteiger partial charge on any atom is 0.0785 e. The molecule has 2 heterocycles. The summed E-state index contributed by atoms with van der Waals surface area (Å²) in [6, 6.07) is 2.40. The first kappa shape index (κ1) is 13.6. The van der Waals surface area contributed by atoms with Crippen LogP contribution < -0.4 is 5.32 Å². The number of hydrogen-bond acceptors (Lipinski definition) is 3. The number of nitrogens with zero attached hydrogens (tertiary/aromatic N) is 2. The minimum atomic E-state index is 0.285. The Balaban J connectivity index is 2.12. The van der Waals surface area contributed by atoms with Gasteiger partial charge in [-0.25, -0.2) is 0 Å². The summed E-state index contributed by atoms with van der Waals surface area (Å²) in [5, 5.41) is 8.01. The van der Waals surface area contributed by atoms with Gasteiger partial charge in [0.2, 0.25) is 0 Å². The lowest BCUT2D eigenvalue weighted by atomic mass is 9.99. The largest absolute Gasteiger partial charge is 0.376 e. The highest BCUT2D eigenvalue weighted by Crippen LogP contribution is 2.26. The molecule has 1 aromatic heterocycles. The molecule has 2 rings (SSSR count). The maximum atomic E-state index is 5.96. The monoisotopic (exact) mass is 251 g/mol. The first-order valence-electron chi connectivity index (χ1n) is 7.23. The Morgan fingerprint density at radius 2 is 2.39 bits per heavy atom. The number of aryl methyl sites for hydroxylation is 1. The van der Waals surface area contributed by atoms with Gasteiger partial charge in [-0.3, -0.25) is 4.68 Å². The van der Waals surface area contributed by atoms with Gasteiger partial charge in [-0.2, -0.15) is 5.10 Å². The van der Waals surface area contributed by atoms with Crippen LogP contribution in [0.3, 0.4) is 0 Å². The highest BCUT2D eigenvalue weighted by molar-refractivity contribution is 5.09. The topological polar surface area (TPSA) is 39.1 Å². The fourth-order valence-corrected chi connectivity index (χ4v) is 2.63. The summed E-state index contributed by atoms with van der Waals surface area (Å²) >= 11 is 0. The number of nitrogens with one attached hydrogen (secondary N) is 1. The van der Waals surface area contributed by atoms with Crippen LogP contribution in [0.15, 0.2) is 12.3 Å². The fraction of sp³-hybridized carbons (Fsp3) is 0.786. The molecule has 1 aromatic rings. The summed E-state index contributed by atoms with van der Waals surface area (Å²) in [5.74, 6) is 0. The minimum absolute atomic E-state index is 0.285. The predicted octanol–water partition coefficient (Wildman–Crippen LogP) is 2.51. The molecule has 0 spiro atoms. The number of hydrogen-bond donors (Lipinski definition) is 1. The Labute approximate surface area is 110 Å². The SMILES string of the molecule is CCCNC(c1ccnn1CC)C1CCCCO1.